The van der Waals surface area contributed by atoms with Gasteiger partial charge in [-0.2, -0.15) is 0 Å². The number of aryl methyl sites for hydroxylation is 1. The van der Waals surface area contributed by atoms with E-state index >= 15 is 0 Å². The van der Waals surface area contributed by atoms with Gasteiger partial charge in [-0.15, -0.1) is 0 Å². The van der Waals surface area contributed by atoms with E-state index in [1.807, 2.05) is 38.1 Å². The van der Waals surface area contributed by atoms with Gasteiger partial charge in [-0.25, -0.2) is 4.98 Å². The number of halogens is 1. The first-order valence-electron chi connectivity index (χ1n) is 10.8. The first-order valence-corrected chi connectivity index (χ1v) is 11.2. The first-order chi connectivity index (χ1) is 16.4. The van der Waals surface area contributed by atoms with Crippen LogP contribution in [0.25, 0.3) is 0 Å². The van der Waals surface area contributed by atoms with Crippen LogP contribution < -0.4 is 18.9 Å². The van der Waals surface area contributed by atoms with Crippen molar-refractivity contribution in [2.45, 2.75) is 26.9 Å². The molecule has 0 aliphatic rings. The molecule has 0 radical (unpaired) electrons. The summed E-state index contributed by atoms with van der Waals surface area (Å²) in [6, 6.07) is 14.5. The Labute approximate surface area is 205 Å². The van der Waals surface area contributed by atoms with E-state index in [9.17, 15) is 4.79 Å². The maximum absolute atomic E-state index is 13.6. The van der Waals surface area contributed by atoms with Crippen LogP contribution in [0.5, 0.6) is 23.0 Å². The molecule has 34 heavy (non-hydrogen) atoms. The molecule has 8 heteroatoms. The summed E-state index contributed by atoms with van der Waals surface area (Å²) in [7, 11) is 4.66. The highest BCUT2D eigenvalue weighted by atomic mass is 35.5. The lowest BCUT2D eigenvalue weighted by Gasteiger charge is -2.24. The molecule has 0 saturated heterocycles. The van der Waals surface area contributed by atoms with Crippen molar-refractivity contribution in [2.75, 3.05) is 27.9 Å². The average molecular weight is 485 g/mol. The largest absolute Gasteiger partial charge is 0.494 e. The second kappa shape index (κ2) is 11.6. The molecule has 0 fully saturated rings. The van der Waals surface area contributed by atoms with Crippen LogP contribution in [0.3, 0.4) is 0 Å². The van der Waals surface area contributed by atoms with Gasteiger partial charge in [0, 0.05) is 29.9 Å². The molecular weight excluding hydrogens is 456 g/mol. The molecule has 1 aromatic heterocycles. The number of carbonyl (C=O) groups is 1. The normalized spacial score (nSPS) is 10.5. The highest BCUT2D eigenvalue weighted by Gasteiger charge is 2.21. The summed E-state index contributed by atoms with van der Waals surface area (Å²) in [5.74, 6) is 2.07. The van der Waals surface area contributed by atoms with Gasteiger partial charge in [-0.3, -0.25) is 4.79 Å². The van der Waals surface area contributed by atoms with E-state index in [1.165, 1.54) is 0 Å². The predicted molar refractivity (Wildman–Crippen MR) is 131 cm³/mol. The lowest BCUT2D eigenvalue weighted by atomic mass is 10.1. The van der Waals surface area contributed by atoms with Crippen LogP contribution in [0, 0.1) is 6.92 Å². The summed E-state index contributed by atoms with van der Waals surface area (Å²) < 4.78 is 21.9. The second-order valence-corrected chi connectivity index (χ2v) is 7.91. The Morgan fingerprint density at radius 3 is 2.12 bits per heavy atom. The third kappa shape index (κ3) is 5.91. The third-order valence-corrected chi connectivity index (χ3v) is 5.55. The van der Waals surface area contributed by atoms with E-state index in [1.54, 1.807) is 50.5 Å². The van der Waals surface area contributed by atoms with Gasteiger partial charge >= 0.3 is 0 Å². The molecule has 0 atom stereocenters. The minimum Gasteiger partial charge on any atom is -0.494 e. The molecule has 180 valence electrons. The third-order valence-electron chi connectivity index (χ3n) is 5.22. The molecule has 0 bridgehead atoms. The smallest absolute Gasteiger partial charge is 0.254 e. The average Bonchev–Trinajstić information content (AvgIpc) is 2.84. The number of hydrogen-bond acceptors (Lipinski definition) is 6. The zero-order valence-corrected chi connectivity index (χ0v) is 20.8. The minimum atomic E-state index is -0.159. The maximum Gasteiger partial charge on any atom is 0.254 e. The number of ether oxygens (including phenoxy) is 4. The molecule has 0 spiro atoms. The highest BCUT2D eigenvalue weighted by Crippen LogP contribution is 2.38. The van der Waals surface area contributed by atoms with Gasteiger partial charge in [0.25, 0.3) is 5.91 Å². The standard InChI is InChI=1S/C26H29ClN2O5/c1-6-34-21-11-9-19(10-12-21)26(30)29(16-20-8-7-17(2)28-25(20)27)15-18-13-22(31-3)24(33-5)23(14-18)32-4/h7-14H,6,15-16H2,1-5H3. The Hall–Kier alpha value is -3.45. The van der Waals surface area contributed by atoms with Crippen molar-refractivity contribution in [1.29, 1.82) is 0 Å². The number of carbonyl (C=O) groups excluding carboxylic acids is 1. The maximum atomic E-state index is 13.6. The van der Waals surface area contributed by atoms with Gasteiger partial charge < -0.3 is 23.8 Å². The molecule has 1 amide bonds. The molecule has 0 saturated carbocycles. The second-order valence-electron chi connectivity index (χ2n) is 7.55. The van der Waals surface area contributed by atoms with Gasteiger partial charge in [0.2, 0.25) is 5.75 Å². The summed E-state index contributed by atoms with van der Waals surface area (Å²) in [5, 5.41) is 0.370. The lowest BCUT2D eigenvalue weighted by Crippen LogP contribution is -2.30. The molecule has 1 heterocycles. The number of aromatic nitrogens is 1. The van der Waals surface area contributed by atoms with Crippen LogP contribution in [0.4, 0.5) is 0 Å². The van der Waals surface area contributed by atoms with E-state index in [-0.39, 0.29) is 19.0 Å². The molecule has 0 aliphatic carbocycles. The number of benzene rings is 2. The number of pyridine rings is 1. The fourth-order valence-electron chi connectivity index (χ4n) is 3.57. The molecule has 3 rings (SSSR count). The van der Waals surface area contributed by atoms with Crippen LogP contribution in [0.2, 0.25) is 5.15 Å². The Morgan fingerprint density at radius 1 is 0.941 bits per heavy atom. The molecule has 0 N–H and O–H groups in total. The predicted octanol–water partition coefficient (Wildman–Crippen LogP) is 5.31. The quantitative estimate of drug-likeness (QED) is 0.363. The SMILES string of the molecule is CCOc1ccc(C(=O)N(Cc2cc(OC)c(OC)c(OC)c2)Cc2ccc(C)nc2Cl)cc1. The van der Waals surface area contributed by atoms with Crippen LogP contribution in [0.1, 0.15) is 34.1 Å². The summed E-state index contributed by atoms with van der Waals surface area (Å²) in [4.78, 5) is 19.6. The Bertz CT molecular complexity index is 1110. The Kier molecular flexibility index (Phi) is 8.60. The zero-order chi connectivity index (χ0) is 24.7. The molecule has 0 unspecified atom stereocenters. The molecule has 0 aliphatic heterocycles. The topological polar surface area (TPSA) is 70.1 Å². The van der Waals surface area contributed by atoms with Gasteiger partial charge in [0.15, 0.2) is 11.5 Å². The van der Waals surface area contributed by atoms with Crippen LogP contribution >= 0.6 is 11.6 Å². The molecule has 2 aromatic carbocycles. The van der Waals surface area contributed by atoms with Crippen molar-refractivity contribution in [1.82, 2.24) is 9.88 Å². The lowest BCUT2D eigenvalue weighted by molar-refractivity contribution is 0.0729. The van der Waals surface area contributed by atoms with E-state index in [2.05, 4.69) is 4.98 Å². The van der Waals surface area contributed by atoms with Crippen molar-refractivity contribution in [3.8, 4) is 23.0 Å². The van der Waals surface area contributed by atoms with Crippen LogP contribution in [-0.4, -0.2) is 43.7 Å². The van der Waals surface area contributed by atoms with Crippen molar-refractivity contribution in [2.24, 2.45) is 0 Å². The summed E-state index contributed by atoms with van der Waals surface area (Å²) in [6.45, 7) is 4.90. The Balaban J connectivity index is 1.98. The fraction of sp³-hybridized carbons (Fsp3) is 0.308. The molecular formula is C26H29ClN2O5. The van der Waals surface area contributed by atoms with E-state index in [0.717, 1.165) is 16.8 Å². The fourth-order valence-corrected chi connectivity index (χ4v) is 3.82. The monoisotopic (exact) mass is 484 g/mol. The summed E-state index contributed by atoms with van der Waals surface area (Å²) >= 11 is 6.40. The number of amides is 1. The number of methoxy groups -OCH3 is 3. The summed E-state index contributed by atoms with van der Waals surface area (Å²) in [6.07, 6.45) is 0. The summed E-state index contributed by atoms with van der Waals surface area (Å²) in [5.41, 5.74) is 2.90. The number of rotatable bonds is 10. The minimum absolute atomic E-state index is 0.159. The van der Waals surface area contributed by atoms with Gasteiger partial charge in [-0.1, -0.05) is 17.7 Å². The van der Waals surface area contributed by atoms with Crippen LogP contribution in [0.15, 0.2) is 48.5 Å². The first kappa shape index (κ1) is 25.2. The zero-order valence-electron chi connectivity index (χ0n) is 20.1. The van der Waals surface area contributed by atoms with Crippen molar-refractivity contribution >= 4 is 17.5 Å². The number of hydrogen-bond donors (Lipinski definition) is 0. The Morgan fingerprint density at radius 2 is 1.59 bits per heavy atom. The van der Waals surface area contributed by atoms with Crippen molar-refractivity contribution in [3.05, 3.63) is 76.1 Å². The van der Waals surface area contributed by atoms with E-state index in [4.69, 9.17) is 30.5 Å². The highest BCUT2D eigenvalue weighted by molar-refractivity contribution is 6.30. The molecule has 3 aromatic rings. The number of nitrogens with zero attached hydrogens (tertiary/aromatic N) is 2. The van der Waals surface area contributed by atoms with E-state index < -0.39 is 0 Å². The van der Waals surface area contributed by atoms with Crippen molar-refractivity contribution < 1.29 is 23.7 Å². The van der Waals surface area contributed by atoms with Crippen molar-refractivity contribution in [3.63, 3.8) is 0 Å². The van der Waals surface area contributed by atoms with Gasteiger partial charge in [0.05, 0.1) is 27.9 Å². The van der Waals surface area contributed by atoms with Gasteiger partial charge in [-0.05, 0) is 61.9 Å². The van der Waals surface area contributed by atoms with Gasteiger partial charge in [0.1, 0.15) is 10.9 Å². The molecule has 7 nitrogen and oxygen atoms in total. The van der Waals surface area contributed by atoms with E-state index in [0.29, 0.717) is 40.3 Å². The van der Waals surface area contributed by atoms with Crippen LogP contribution in [-0.2, 0) is 13.1 Å².